The first-order valence-corrected chi connectivity index (χ1v) is 4.03. The van der Waals surface area contributed by atoms with Gasteiger partial charge in [-0.1, -0.05) is 0 Å². The van der Waals surface area contributed by atoms with Gasteiger partial charge in [0.05, 0.1) is 4.92 Å². The molecule has 0 aromatic heterocycles. The van der Waals surface area contributed by atoms with Crippen LogP contribution in [0.2, 0.25) is 0 Å². The zero-order valence-corrected chi connectivity index (χ0v) is 7.90. The van der Waals surface area contributed by atoms with Gasteiger partial charge in [-0.3, -0.25) is 14.9 Å². The number of hydrogen-bond donors (Lipinski definition) is 1. The molecular formula is C9H10N2O3. The van der Waals surface area contributed by atoms with Crippen molar-refractivity contribution < 1.29 is 9.72 Å². The molecule has 1 aromatic rings. The largest absolute Gasteiger partial charge is 0.326 e. The highest BCUT2D eigenvalue weighted by Gasteiger charge is 2.08. The van der Waals surface area contributed by atoms with Crippen molar-refractivity contribution in [3.8, 4) is 0 Å². The Bertz CT molecular complexity index is 388. The first-order valence-electron chi connectivity index (χ1n) is 4.03. The lowest BCUT2D eigenvalue weighted by atomic mass is 10.2. The fourth-order valence-corrected chi connectivity index (χ4v) is 1.09. The van der Waals surface area contributed by atoms with E-state index in [1.807, 2.05) is 0 Å². The maximum Gasteiger partial charge on any atom is 0.269 e. The number of aryl methyl sites for hydroxylation is 1. The van der Waals surface area contributed by atoms with Crippen LogP contribution < -0.4 is 5.32 Å². The number of benzene rings is 1. The van der Waals surface area contributed by atoms with Crippen molar-refractivity contribution in [2.75, 3.05) is 5.32 Å². The Balaban J connectivity index is 3.01. The van der Waals surface area contributed by atoms with E-state index < -0.39 is 4.92 Å². The molecular weight excluding hydrogens is 184 g/mol. The van der Waals surface area contributed by atoms with Gasteiger partial charge in [0, 0.05) is 24.7 Å². The number of nitrogens with zero attached hydrogens (tertiary/aromatic N) is 1. The van der Waals surface area contributed by atoms with Crippen LogP contribution in [0.15, 0.2) is 18.2 Å². The molecule has 0 aliphatic carbocycles. The van der Waals surface area contributed by atoms with Crippen molar-refractivity contribution in [3.05, 3.63) is 33.9 Å². The first-order chi connectivity index (χ1) is 6.50. The zero-order chi connectivity index (χ0) is 10.7. The molecule has 0 spiro atoms. The molecule has 1 amide bonds. The smallest absolute Gasteiger partial charge is 0.269 e. The summed E-state index contributed by atoms with van der Waals surface area (Å²) in [5.41, 5.74) is 1.30. The lowest BCUT2D eigenvalue weighted by molar-refractivity contribution is -0.384. The molecule has 0 radical (unpaired) electrons. The quantitative estimate of drug-likeness (QED) is 0.576. The van der Waals surface area contributed by atoms with Gasteiger partial charge in [0.15, 0.2) is 0 Å². The fraction of sp³-hybridized carbons (Fsp3) is 0.222. The SMILES string of the molecule is CC(=O)Nc1ccc([N+](=O)[O-])cc1C. The third-order valence-electron chi connectivity index (χ3n) is 1.73. The lowest BCUT2D eigenvalue weighted by Crippen LogP contribution is -2.07. The second-order valence-corrected chi connectivity index (χ2v) is 2.94. The number of hydrogen-bond acceptors (Lipinski definition) is 3. The highest BCUT2D eigenvalue weighted by molar-refractivity contribution is 5.89. The predicted molar refractivity (Wildman–Crippen MR) is 52.1 cm³/mol. The van der Waals surface area contributed by atoms with Crippen LogP contribution in [0.4, 0.5) is 11.4 Å². The Hall–Kier alpha value is -1.91. The highest BCUT2D eigenvalue weighted by atomic mass is 16.6. The number of nitro groups is 1. The maximum absolute atomic E-state index is 10.7. The van der Waals surface area contributed by atoms with E-state index in [1.54, 1.807) is 6.92 Å². The molecule has 0 atom stereocenters. The van der Waals surface area contributed by atoms with E-state index in [9.17, 15) is 14.9 Å². The topological polar surface area (TPSA) is 72.2 Å². The first kappa shape index (κ1) is 10.2. The number of carbonyl (C=O) groups is 1. The molecule has 0 saturated heterocycles. The standard InChI is InChI=1S/C9H10N2O3/c1-6-5-8(11(13)14)3-4-9(6)10-7(2)12/h3-5H,1-2H3,(H,10,12). The fourth-order valence-electron chi connectivity index (χ4n) is 1.09. The molecule has 0 unspecified atom stereocenters. The average Bonchev–Trinajstić information content (AvgIpc) is 2.07. The van der Waals surface area contributed by atoms with Crippen LogP contribution in [0.5, 0.6) is 0 Å². The van der Waals surface area contributed by atoms with Crippen molar-refractivity contribution in [3.63, 3.8) is 0 Å². The van der Waals surface area contributed by atoms with Crippen LogP contribution in [0.25, 0.3) is 0 Å². The van der Waals surface area contributed by atoms with E-state index in [0.717, 1.165) is 0 Å². The molecule has 0 bridgehead atoms. The Morgan fingerprint density at radius 3 is 2.57 bits per heavy atom. The van der Waals surface area contributed by atoms with Gasteiger partial charge in [-0.15, -0.1) is 0 Å². The minimum Gasteiger partial charge on any atom is -0.326 e. The van der Waals surface area contributed by atoms with E-state index in [4.69, 9.17) is 0 Å². The van der Waals surface area contributed by atoms with Gasteiger partial charge in [0.1, 0.15) is 0 Å². The number of rotatable bonds is 2. The number of anilines is 1. The number of non-ortho nitro benzene ring substituents is 1. The van der Waals surface area contributed by atoms with Gasteiger partial charge >= 0.3 is 0 Å². The van der Waals surface area contributed by atoms with Crippen LogP contribution in [-0.4, -0.2) is 10.8 Å². The van der Waals surface area contributed by atoms with Crippen molar-refractivity contribution in [1.82, 2.24) is 0 Å². The van der Waals surface area contributed by atoms with Gasteiger partial charge in [-0.2, -0.15) is 0 Å². The second-order valence-electron chi connectivity index (χ2n) is 2.94. The summed E-state index contributed by atoms with van der Waals surface area (Å²) in [5.74, 6) is -0.193. The number of nitrogens with one attached hydrogen (secondary N) is 1. The molecule has 1 aromatic carbocycles. The molecule has 1 N–H and O–H groups in total. The Morgan fingerprint density at radius 1 is 1.50 bits per heavy atom. The highest BCUT2D eigenvalue weighted by Crippen LogP contribution is 2.20. The Kier molecular flexibility index (Phi) is 2.81. The van der Waals surface area contributed by atoms with Crippen molar-refractivity contribution in [2.24, 2.45) is 0 Å². The average molecular weight is 194 g/mol. The third-order valence-corrected chi connectivity index (χ3v) is 1.73. The Labute approximate surface area is 80.9 Å². The molecule has 74 valence electrons. The maximum atomic E-state index is 10.7. The van der Waals surface area contributed by atoms with Crippen molar-refractivity contribution in [1.29, 1.82) is 0 Å². The summed E-state index contributed by atoms with van der Waals surface area (Å²) in [7, 11) is 0. The van der Waals surface area contributed by atoms with Crippen LogP contribution in [0.1, 0.15) is 12.5 Å². The van der Waals surface area contributed by atoms with E-state index in [-0.39, 0.29) is 11.6 Å². The number of carbonyl (C=O) groups excluding carboxylic acids is 1. The van der Waals surface area contributed by atoms with Crippen molar-refractivity contribution in [2.45, 2.75) is 13.8 Å². The third kappa shape index (κ3) is 2.29. The summed E-state index contributed by atoms with van der Waals surface area (Å²) in [4.78, 5) is 20.7. The van der Waals surface area contributed by atoms with E-state index >= 15 is 0 Å². The minimum atomic E-state index is -0.468. The minimum absolute atomic E-state index is 0.0246. The summed E-state index contributed by atoms with van der Waals surface area (Å²) in [6.45, 7) is 3.10. The second kappa shape index (κ2) is 3.87. The summed E-state index contributed by atoms with van der Waals surface area (Å²) >= 11 is 0. The number of amides is 1. The van der Waals surface area contributed by atoms with Gasteiger partial charge in [-0.05, 0) is 18.6 Å². The molecule has 0 aliphatic rings. The van der Waals surface area contributed by atoms with Gasteiger partial charge in [0.2, 0.25) is 5.91 Å². The van der Waals surface area contributed by atoms with Gasteiger partial charge in [-0.25, -0.2) is 0 Å². The zero-order valence-electron chi connectivity index (χ0n) is 7.90. The molecule has 0 fully saturated rings. The van der Waals surface area contributed by atoms with Crippen LogP contribution in [0, 0.1) is 17.0 Å². The lowest BCUT2D eigenvalue weighted by Gasteiger charge is -2.04. The summed E-state index contributed by atoms with van der Waals surface area (Å²) in [6, 6.07) is 4.30. The molecule has 0 heterocycles. The predicted octanol–water partition coefficient (Wildman–Crippen LogP) is 1.86. The normalized spacial score (nSPS) is 9.57. The monoisotopic (exact) mass is 194 g/mol. The Morgan fingerprint density at radius 2 is 2.14 bits per heavy atom. The summed E-state index contributed by atoms with van der Waals surface area (Å²) in [5, 5.41) is 13.0. The van der Waals surface area contributed by atoms with Gasteiger partial charge in [0.25, 0.3) is 5.69 Å². The van der Waals surface area contributed by atoms with Crippen LogP contribution in [-0.2, 0) is 4.79 Å². The van der Waals surface area contributed by atoms with Crippen LogP contribution >= 0.6 is 0 Å². The van der Waals surface area contributed by atoms with E-state index in [1.165, 1.54) is 25.1 Å². The molecule has 14 heavy (non-hydrogen) atoms. The van der Waals surface area contributed by atoms with Crippen LogP contribution in [0.3, 0.4) is 0 Å². The molecule has 5 heteroatoms. The number of nitro benzene ring substituents is 1. The van der Waals surface area contributed by atoms with Crippen molar-refractivity contribution >= 4 is 17.3 Å². The molecule has 1 rings (SSSR count). The van der Waals surface area contributed by atoms with E-state index in [2.05, 4.69) is 5.32 Å². The summed E-state index contributed by atoms with van der Waals surface area (Å²) in [6.07, 6.45) is 0. The van der Waals surface area contributed by atoms with E-state index in [0.29, 0.717) is 11.3 Å². The van der Waals surface area contributed by atoms with Gasteiger partial charge < -0.3 is 5.32 Å². The summed E-state index contributed by atoms with van der Waals surface area (Å²) < 4.78 is 0. The molecule has 0 saturated carbocycles. The molecule has 0 aliphatic heterocycles. The molecule has 5 nitrogen and oxygen atoms in total.